The minimum absolute atomic E-state index is 0.631. The maximum Gasteiger partial charge on any atom is 0.190 e. The molecule has 0 saturated carbocycles. The van der Waals surface area contributed by atoms with Crippen molar-refractivity contribution in [3.05, 3.63) is 60.3 Å². The third-order valence-electron chi connectivity index (χ3n) is 4.51. The van der Waals surface area contributed by atoms with E-state index in [0.29, 0.717) is 6.61 Å². The van der Waals surface area contributed by atoms with Gasteiger partial charge in [-0.15, -0.1) is 0 Å². The van der Waals surface area contributed by atoms with Crippen molar-refractivity contribution in [2.45, 2.75) is 12.8 Å². The molecule has 0 saturated heterocycles. The van der Waals surface area contributed by atoms with Crippen molar-refractivity contribution in [3.63, 3.8) is 0 Å². The smallest absolute Gasteiger partial charge is 0.190 e. The van der Waals surface area contributed by atoms with Crippen LogP contribution in [0.5, 0.6) is 11.5 Å². The number of hydrogen-bond acceptors (Lipinski definition) is 3. The Morgan fingerprint density at radius 2 is 1.86 bits per heavy atom. The molecular formula is C22H28N4O2. The van der Waals surface area contributed by atoms with Crippen LogP contribution in [-0.2, 0) is 6.42 Å². The molecule has 0 fully saturated rings. The fourth-order valence-electron chi connectivity index (χ4n) is 3.03. The number of aromatic amines is 1. The van der Waals surface area contributed by atoms with Crippen molar-refractivity contribution in [2.24, 2.45) is 4.99 Å². The first kappa shape index (κ1) is 19.6. The minimum Gasteiger partial charge on any atom is -0.497 e. The highest BCUT2D eigenvalue weighted by molar-refractivity contribution is 5.83. The summed E-state index contributed by atoms with van der Waals surface area (Å²) in [6, 6.07) is 16.0. The molecule has 3 aromatic rings. The summed E-state index contributed by atoms with van der Waals surface area (Å²) in [4.78, 5) is 7.59. The highest BCUT2D eigenvalue weighted by atomic mass is 16.5. The molecule has 1 aromatic heterocycles. The molecule has 3 N–H and O–H groups in total. The number of H-pyrrole nitrogens is 1. The second kappa shape index (κ2) is 10.3. The Bertz CT molecular complexity index is 904. The molecule has 0 radical (unpaired) electrons. The molecule has 6 heteroatoms. The van der Waals surface area contributed by atoms with E-state index in [-0.39, 0.29) is 0 Å². The Morgan fingerprint density at radius 3 is 2.71 bits per heavy atom. The summed E-state index contributed by atoms with van der Waals surface area (Å²) >= 11 is 0. The predicted octanol–water partition coefficient (Wildman–Crippen LogP) is 3.35. The average Bonchev–Trinajstić information content (AvgIpc) is 3.15. The summed E-state index contributed by atoms with van der Waals surface area (Å²) in [7, 11) is 3.44. The highest BCUT2D eigenvalue weighted by Crippen LogP contribution is 2.19. The summed E-state index contributed by atoms with van der Waals surface area (Å²) in [5.74, 6) is 2.43. The fraction of sp³-hybridized carbons (Fsp3) is 0.318. The van der Waals surface area contributed by atoms with Crippen LogP contribution in [0.3, 0.4) is 0 Å². The van der Waals surface area contributed by atoms with E-state index < -0.39 is 0 Å². The van der Waals surface area contributed by atoms with E-state index in [0.717, 1.165) is 43.4 Å². The lowest BCUT2D eigenvalue weighted by Gasteiger charge is -2.12. The Hall–Kier alpha value is -3.15. The van der Waals surface area contributed by atoms with Gasteiger partial charge in [-0.1, -0.05) is 24.3 Å². The van der Waals surface area contributed by atoms with E-state index in [1.165, 1.54) is 16.5 Å². The van der Waals surface area contributed by atoms with Gasteiger partial charge in [0.25, 0.3) is 0 Å². The number of guanidine groups is 1. The van der Waals surface area contributed by atoms with Crippen molar-refractivity contribution >= 4 is 16.9 Å². The van der Waals surface area contributed by atoms with E-state index in [1.54, 1.807) is 14.2 Å². The van der Waals surface area contributed by atoms with E-state index in [9.17, 15) is 0 Å². The normalized spacial score (nSPS) is 11.4. The summed E-state index contributed by atoms with van der Waals surface area (Å²) in [5.41, 5.74) is 2.49. The van der Waals surface area contributed by atoms with Gasteiger partial charge < -0.3 is 25.1 Å². The van der Waals surface area contributed by atoms with Gasteiger partial charge in [-0.05, 0) is 36.6 Å². The summed E-state index contributed by atoms with van der Waals surface area (Å²) in [5, 5.41) is 7.97. The van der Waals surface area contributed by atoms with Crippen molar-refractivity contribution < 1.29 is 9.47 Å². The topological polar surface area (TPSA) is 70.7 Å². The lowest BCUT2D eigenvalue weighted by atomic mass is 10.1. The first-order valence-corrected chi connectivity index (χ1v) is 9.56. The Labute approximate surface area is 166 Å². The summed E-state index contributed by atoms with van der Waals surface area (Å²) in [6.07, 6.45) is 3.89. The number of fused-ring (bicyclic) bond motifs is 1. The standard InChI is InChI=1S/C22H28N4O2/c1-23-22(24-12-6-14-28-19-8-5-7-18(15-19)27-2)25-13-11-17-16-26-21-10-4-3-9-20(17)21/h3-5,7-10,15-16,26H,6,11-14H2,1-2H3,(H2,23,24,25). The number of methoxy groups -OCH3 is 1. The number of nitrogens with one attached hydrogen (secondary N) is 3. The summed E-state index contributed by atoms with van der Waals surface area (Å²) in [6.45, 7) is 2.24. The molecule has 2 aromatic carbocycles. The maximum absolute atomic E-state index is 5.75. The molecule has 0 amide bonds. The van der Waals surface area contributed by atoms with Gasteiger partial charge in [0.2, 0.25) is 0 Å². The third-order valence-corrected chi connectivity index (χ3v) is 4.51. The Balaban J connectivity index is 1.34. The van der Waals surface area contributed by atoms with Crippen LogP contribution >= 0.6 is 0 Å². The van der Waals surface area contributed by atoms with Gasteiger partial charge in [0.15, 0.2) is 5.96 Å². The van der Waals surface area contributed by atoms with Crippen LogP contribution in [0.1, 0.15) is 12.0 Å². The number of aliphatic imine (C=N–C) groups is 1. The zero-order valence-electron chi connectivity index (χ0n) is 16.5. The van der Waals surface area contributed by atoms with Crippen LogP contribution in [0.2, 0.25) is 0 Å². The first-order valence-electron chi connectivity index (χ1n) is 9.56. The van der Waals surface area contributed by atoms with Gasteiger partial charge in [0.05, 0.1) is 13.7 Å². The van der Waals surface area contributed by atoms with Crippen LogP contribution in [0.15, 0.2) is 59.7 Å². The molecule has 148 valence electrons. The number of para-hydroxylation sites is 1. The summed E-state index contributed by atoms with van der Waals surface area (Å²) < 4.78 is 10.9. The number of benzene rings is 2. The molecule has 0 aliphatic rings. The van der Waals surface area contributed by atoms with Gasteiger partial charge >= 0.3 is 0 Å². The molecule has 1 heterocycles. The largest absolute Gasteiger partial charge is 0.497 e. The van der Waals surface area contributed by atoms with Crippen LogP contribution in [-0.4, -0.2) is 44.8 Å². The number of nitrogens with zero attached hydrogens (tertiary/aromatic N) is 1. The van der Waals surface area contributed by atoms with Crippen molar-refractivity contribution in [1.29, 1.82) is 0 Å². The molecule has 28 heavy (non-hydrogen) atoms. The Morgan fingerprint density at radius 1 is 1.04 bits per heavy atom. The van der Waals surface area contributed by atoms with Gasteiger partial charge in [-0.3, -0.25) is 4.99 Å². The lowest BCUT2D eigenvalue weighted by Crippen LogP contribution is -2.39. The number of aromatic nitrogens is 1. The maximum atomic E-state index is 5.75. The molecule has 0 spiro atoms. The molecule has 0 atom stereocenters. The SMILES string of the molecule is CN=C(NCCCOc1cccc(OC)c1)NCCc1c[nH]c2ccccc12. The predicted molar refractivity (Wildman–Crippen MR) is 114 cm³/mol. The van der Waals surface area contributed by atoms with Crippen LogP contribution in [0, 0.1) is 0 Å². The van der Waals surface area contributed by atoms with Crippen molar-refractivity contribution in [3.8, 4) is 11.5 Å². The second-order valence-electron chi connectivity index (χ2n) is 6.42. The molecular weight excluding hydrogens is 352 g/mol. The van der Waals surface area contributed by atoms with Crippen LogP contribution in [0.4, 0.5) is 0 Å². The zero-order chi connectivity index (χ0) is 19.6. The second-order valence-corrected chi connectivity index (χ2v) is 6.42. The van der Waals surface area contributed by atoms with Gasteiger partial charge in [-0.25, -0.2) is 0 Å². The van der Waals surface area contributed by atoms with E-state index in [4.69, 9.17) is 9.47 Å². The molecule has 6 nitrogen and oxygen atoms in total. The Kier molecular flexibility index (Phi) is 7.18. The van der Waals surface area contributed by atoms with E-state index in [2.05, 4.69) is 45.0 Å². The molecule has 0 unspecified atom stereocenters. The molecule has 3 rings (SSSR count). The first-order chi connectivity index (χ1) is 13.8. The number of ether oxygens (including phenoxy) is 2. The van der Waals surface area contributed by atoms with Crippen molar-refractivity contribution in [2.75, 3.05) is 33.9 Å². The third kappa shape index (κ3) is 5.42. The highest BCUT2D eigenvalue weighted by Gasteiger charge is 2.03. The zero-order valence-corrected chi connectivity index (χ0v) is 16.5. The number of hydrogen-bond donors (Lipinski definition) is 3. The van der Waals surface area contributed by atoms with E-state index >= 15 is 0 Å². The average molecular weight is 380 g/mol. The quantitative estimate of drug-likeness (QED) is 0.302. The monoisotopic (exact) mass is 380 g/mol. The van der Waals surface area contributed by atoms with Crippen LogP contribution < -0.4 is 20.1 Å². The van der Waals surface area contributed by atoms with Gasteiger partial charge in [-0.2, -0.15) is 0 Å². The number of rotatable bonds is 9. The van der Waals surface area contributed by atoms with Gasteiger partial charge in [0.1, 0.15) is 11.5 Å². The van der Waals surface area contributed by atoms with Crippen LogP contribution in [0.25, 0.3) is 10.9 Å². The molecule has 0 bridgehead atoms. The molecule has 0 aliphatic heterocycles. The van der Waals surface area contributed by atoms with Crippen molar-refractivity contribution in [1.82, 2.24) is 15.6 Å². The fourth-order valence-corrected chi connectivity index (χ4v) is 3.03. The lowest BCUT2D eigenvalue weighted by molar-refractivity contribution is 0.308. The molecule has 0 aliphatic carbocycles. The minimum atomic E-state index is 0.631. The van der Waals surface area contributed by atoms with E-state index in [1.807, 2.05) is 30.3 Å². The van der Waals surface area contributed by atoms with Gasteiger partial charge in [0, 0.05) is 43.3 Å².